The van der Waals surface area contributed by atoms with Crippen LogP contribution in [0.25, 0.3) is 0 Å². The molecule has 0 heterocycles. The van der Waals surface area contributed by atoms with Crippen molar-refractivity contribution in [2.24, 2.45) is 0 Å². The highest BCUT2D eigenvalue weighted by Crippen LogP contribution is 2.17. The van der Waals surface area contributed by atoms with E-state index in [1.807, 2.05) is 0 Å². The van der Waals surface area contributed by atoms with Gasteiger partial charge in [0.1, 0.15) is 5.75 Å². The number of benzene rings is 1. The molecule has 1 aromatic rings. The van der Waals surface area contributed by atoms with Gasteiger partial charge in [0.15, 0.2) is 0 Å². The lowest BCUT2D eigenvalue weighted by Crippen LogP contribution is -2.16. The van der Waals surface area contributed by atoms with Crippen molar-refractivity contribution in [1.29, 1.82) is 0 Å². The monoisotopic (exact) mass is 411 g/mol. The lowest BCUT2D eigenvalue weighted by Gasteiger charge is -2.08. The molecule has 0 aliphatic rings. The van der Waals surface area contributed by atoms with Gasteiger partial charge in [-0.2, -0.15) is 0 Å². The zero-order valence-corrected chi connectivity index (χ0v) is 18.9. The van der Waals surface area contributed by atoms with Gasteiger partial charge in [0.25, 0.3) is 0 Å². The molecule has 5 heteroatoms. The molecule has 0 aliphatic heterocycles. The van der Waals surface area contributed by atoms with E-state index in [-0.39, 0.29) is 5.75 Å². The van der Waals surface area contributed by atoms with Crippen LogP contribution in [0.3, 0.4) is 0 Å². The summed E-state index contributed by atoms with van der Waals surface area (Å²) in [6.45, 7) is 2.26. The molecular formula is C23H41NO3S. The Morgan fingerprint density at radius 3 is 1.57 bits per heavy atom. The van der Waals surface area contributed by atoms with Crippen LogP contribution in [-0.2, 0) is 10.0 Å². The first-order valence-electron chi connectivity index (χ1n) is 11.2. The lowest BCUT2D eigenvalue weighted by molar-refractivity contribution is 0.415. The van der Waals surface area contributed by atoms with Crippen LogP contribution in [0.4, 0.5) is 5.69 Å². The molecule has 0 spiro atoms. The number of ether oxygens (including phenoxy) is 1. The maximum atomic E-state index is 12.1. The second-order valence-corrected chi connectivity index (χ2v) is 9.59. The van der Waals surface area contributed by atoms with Gasteiger partial charge >= 0.3 is 0 Å². The quantitative estimate of drug-likeness (QED) is 0.267. The third kappa shape index (κ3) is 13.0. The number of anilines is 1. The Labute approximate surface area is 173 Å². The minimum absolute atomic E-state index is 0.192. The van der Waals surface area contributed by atoms with Crippen LogP contribution in [0.1, 0.15) is 96.8 Å². The van der Waals surface area contributed by atoms with Crippen LogP contribution in [0.15, 0.2) is 24.3 Å². The van der Waals surface area contributed by atoms with E-state index in [0.717, 1.165) is 25.0 Å². The molecule has 1 aromatic carbocycles. The minimum Gasteiger partial charge on any atom is -0.497 e. The largest absolute Gasteiger partial charge is 0.497 e. The SMILES string of the molecule is CCCCCCCCCCCCCCCCS(=O)(=O)Nc1ccc(OC)cc1. The van der Waals surface area contributed by atoms with Crippen molar-refractivity contribution < 1.29 is 13.2 Å². The molecule has 0 radical (unpaired) electrons. The zero-order valence-electron chi connectivity index (χ0n) is 18.0. The van der Waals surface area contributed by atoms with Crippen molar-refractivity contribution in [1.82, 2.24) is 0 Å². The fourth-order valence-corrected chi connectivity index (χ4v) is 4.56. The molecule has 4 nitrogen and oxygen atoms in total. The van der Waals surface area contributed by atoms with Gasteiger partial charge in [-0.15, -0.1) is 0 Å². The molecule has 0 aliphatic carbocycles. The second kappa shape index (κ2) is 15.7. The predicted molar refractivity (Wildman–Crippen MR) is 121 cm³/mol. The highest BCUT2D eigenvalue weighted by Gasteiger charge is 2.10. The molecule has 0 saturated carbocycles. The van der Waals surface area contributed by atoms with Gasteiger partial charge in [-0.3, -0.25) is 4.72 Å². The van der Waals surface area contributed by atoms with Crippen LogP contribution in [-0.4, -0.2) is 21.3 Å². The highest BCUT2D eigenvalue weighted by atomic mass is 32.2. The van der Waals surface area contributed by atoms with Gasteiger partial charge < -0.3 is 4.74 Å². The first-order valence-corrected chi connectivity index (χ1v) is 12.9. The summed E-state index contributed by atoms with van der Waals surface area (Å²) in [7, 11) is -1.67. The van der Waals surface area contributed by atoms with E-state index in [1.165, 1.54) is 70.6 Å². The van der Waals surface area contributed by atoms with E-state index in [4.69, 9.17) is 4.74 Å². The number of methoxy groups -OCH3 is 1. The summed E-state index contributed by atoms with van der Waals surface area (Å²) in [5, 5.41) is 0. The van der Waals surface area contributed by atoms with Crippen LogP contribution in [0.2, 0.25) is 0 Å². The van der Waals surface area contributed by atoms with Crippen LogP contribution in [0.5, 0.6) is 5.75 Å². The molecule has 0 unspecified atom stereocenters. The Hall–Kier alpha value is -1.23. The normalized spacial score (nSPS) is 11.5. The van der Waals surface area contributed by atoms with Gasteiger partial charge in [0.2, 0.25) is 10.0 Å². The summed E-state index contributed by atoms with van der Waals surface area (Å²) in [5.74, 6) is 0.909. The highest BCUT2D eigenvalue weighted by molar-refractivity contribution is 7.92. The fraction of sp³-hybridized carbons (Fsp3) is 0.739. The Balaban J connectivity index is 1.96. The molecule has 162 valence electrons. The summed E-state index contributed by atoms with van der Waals surface area (Å²) in [4.78, 5) is 0. The van der Waals surface area contributed by atoms with E-state index in [2.05, 4.69) is 11.6 Å². The van der Waals surface area contributed by atoms with Gasteiger partial charge in [0, 0.05) is 5.69 Å². The standard InChI is InChI=1S/C23H41NO3S/c1-3-4-5-6-7-8-9-10-11-12-13-14-15-16-21-28(25,26)24-22-17-19-23(27-2)20-18-22/h17-20,24H,3-16,21H2,1-2H3. The molecule has 0 amide bonds. The van der Waals surface area contributed by atoms with Crippen molar-refractivity contribution in [3.05, 3.63) is 24.3 Å². The molecule has 0 bridgehead atoms. The molecule has 1 N–H and O–H groups in total. The lowest BCUT2D eigenvalue weighted by atomic mass is 10.0. The molecule has 1 rings (SSSR count). The first-order chi connectivity index (χ1) is 13.6. The molecular weight excluding hydrogens is 370 g/mol. The Bertz CT molecular complexity index is 584. The fourth-order valence-electron chi connectivity index (χ4n) is 3.38. The van der Waals surface area contributed by atoms with Crippen LogP contribution < -0.4 is 9.46 Å². The zero-order chi connectivity index (χ0) is 20.5. The van der Waals surface area contributed by atoms with Gasteiger partial charge in [-0.25, -0.2) is 8.42 Å². The third-order valence-corrected chi connectivity index (χ3v) is 6.50. The van der Waals surface area contributed by atoms with E-state index in [0.29, 0.717) is 5.69 Å². The number of hydrogen-bond acceptors (Lipinski definition) is 3. The van der Waals surface area contributed by atoms with Gasteiger partial charge in [-0.1, -0.05) is 90.4 Å². The average Bonchev–Trinajstić information content (AvgIpc) is 2.68. The summed E-state index contributed by atoms with van der Waals surface area (Å²) in [6.07, 6.45) is 17.7. The Morgan fingerprint density at radius 2 is 1.14 bits per heavy atom. The topological polar surface area (TPSA) is 55.4 Å². The minimum atomic E-state index is -3.26. The average molecular weight is 412 g/mol. The maximum absolute atomic E-state index is 12.1. The van der Waals surface area contributed by atoms with Crippen LogP contribution in [0, 0.1) is 0 Å². The van der Waals surface area contributed by atoms with Crippen molar-refractivity contribution in [3.63, 3.8) is 0 Å². The summed E-state index contributed by atoms with van der Waals surface area (Å²) >= 11 is 0. The molecule has 0 atom stereocenters. The van der Waals surface area contributed by atoms with E-state index in [1.54, 1.807) is 31.4 Å². The van der Waals surface area contributed by atoms with E-state index >= 15 is 0 Å². The van der Waals surface area contributed by atoms with Crippen molar-refractivity contribution in [2.45, 2.75) is 96.8 Å². The summed E-state index contributed by atoms with van der Waals surface area (Å²) < 4.78 is 32.0. The number of unbranched alkanes of at least 4 members (excludes halogenated alkanes) is 13. The van der Waals surface area contributed by atoms with E-state index < -0.39 is 10.0 Å². The smallest absolute Gasteiger partial charge is 0.232 e. The first kappa shape index (κ1) is 24.8. The Morgan fingerprint density at radius 1 is 0.714 bits per heavy atom. The summed E-state index contributed by atoms with van der Waals surface area (Å²) in [5.41, 5.74) is 0.589. The number of hydrogen-bond donors (Lipinski definition) is 1. The maximum Gasteiger partial charge on any atom is 0.232 e. The summed E-state index contributed by atoms with van der Waals surface area (Å²) in [6, 6.07) is 6.96. The molecule has 0 aromatic heterocycles. The number of sulfonamides is 1. The number of rotatable bonds is 18. The van der Waals surface area contributed by atoms with Crippen molar-refractivity contribution in [3.8, 4) is 5.75 Å². The van der Waals surface area contributed by atoms with Crippen molar-refractivity contribution in [2.75, 3.05) is 17.6 Å². The van der Waals surface area contributed by atoms with Gasteiger partial charge in [-0.05, 0) is 30.7 Å². The van der Waals surface area contributed by atoms with Gasteiger partial charge in [0.05, 0.1) is 12.9 Å². The number of nitrogens with one attached hydrogen (secondary N) is 1. The molecule has 28 heavy (non-hydrogen) atoms. The molecule has 0 saturated heterocycles. The van der Waals surface area contributed by atoms with Crippen LogP contribution >= 0.6 is 0 Å². The Kier molecular flexibility index (Phi) is 13.9. The molecule has 0 fully saturated rings. The third-order valence-electron chi connectivity index (χ3n) is 5.13. The van der Waals surface area contributed by atoms with E-state index in [9.17, 15) is 8.42 Å². The predicted octanol–water partition coefficient (Wildman–Crippen LogP) is 6.92. The second-order valence-electron chi connectivity index (χ2n) is 7.75. The van der Waals surface area contributed by atoms with Crippen molar-refractivity contribution >= 4 is 15.7 Å².